The Morgan fingerprint density at radius 2 is 2.10 bits per heavy atom. The van der Waals surface area contributed by atoms with Gasteiger partial charge >= 0.3 is 5.97 Å². The first-order valence-electron chi connectivity index (χ1n) is 6.39. The van der Waals surface area contributed by atoms with Gasteiger partial charge in [-0.05, 0) is 30.8 Å². The van der Waals surface area contributed by atoms with Gasteiger partial charge in [0.25, 0.3) is 0 Å². The molecule has 0 saturated carbocycles. The van der Waals surface area contributed by atoms with Gasteiger partial charge in [-0.25, -0.2) is 4.79 Å². The third-order valence-corrected chi connectivity index (χ3v) is 4.28. The van der Waals surface area contributed by atoms with Crippen molar-refractivity contribution in [3.63, 3.8) is 0 Å². The molecule has 0 saturated heterocycles. The highest BCUT2D eigenvalue weighted by Crippen LogP contribution is 2.24. The van der Waals surface area contributed by atoms with Crippen LogP contribution in [0.15, 0.2) is 30.3 Å². The third kappa shape index (κ3) is 3.97. The molecule has 112 valence electrons. The van der Waals surface area contributed by atoms with Gasteiger partial charge in [-0.15, -0.1) is 11.3 Å². The molecule has 0 aliphatic rings. The third-order valence-electron chi connectivity index (χ3n) is 3.07. The van der Waals surface area contributed by atoms with E-state index in [9.17, 15) is 4.79 Å². The fourth-order valence-electron chi connectivity index (χ4n) is 2.15. The molecule has 0 aliphatic heterocycles. The molecule has 1 aromatic carbocycles. The number of nitrogens with two attached hydrogens (primary N) is 1. The van der Waals surface area contributed by atoms with Gasteiger partial charge in [0.15, 0.2) is 0 Å². The van der Waals surface area contributed by atoms with E-state index in [1.165, 1.54) is 12.0 Å². The molecule has 2 rings (SSSR count). The summed E-state index contributed by atoms with van der Waals surface area (Å²) in [4.78, 5) is 15.1. The van der Waals surface area contributed by atoms with Crippen molar-refractivity contribution in [3.8, 4) is 0 Å². The Labute approximate surface area is 133 Å². The average molecular weight is 325 g/mol. The van der Waals surface area contributed by atoms with E-state index in [0.717, 1.165) is 16.4 Å². The van der Waals surface area contributed by atoms with E-state index in [1.54, 1.807) is 17.4 Å². The number of nitrogen functional groups attached to an aromatic ring is 1. The number of methoxy groups -OCH3 is 1. The van der Waals surface area contributed by atoms with Crippen molar-refractivity contribution in [2.24, 2.45) is 0 Å². The summed E-state index contributed by atoms with van der Waals surface area (Å²) in [7, 11) is 3.34. The highest BCUT2D eigenvalue weighted by molar-refractivity contribution is 7.16. The van der Waals surface area contributed by atoms with Gasteiger partial charge in [-0.1, -0.05) is 23.7 Å². The van der Waals surface area contributed by atoms with E-state index >= 15 is 0 Å². The standard InChI is InChI=1S/C15H17ClN2O2S/c1-18(9-11-6-7-13(16)21-11)8-10-4-3-5-12(17)14(10)15(19)20-2/h3-7H,8-9,17H2,1-2H3. The van der Waals surface area contributed by atoms with Crippen molar-refractivity contribution in [1.82, 2.24) is 4.90 Å². The molecule has 1 aromatic heterocycles. The van der Waals surface area contributed by atoms with Crippen LogP contribution in [0, 0.1) is 0 Å². The van der Waals surface area contributed by atoms with Crippen LogP contribution in [0.2, 0.25) is 4.34 Å². The van der Waals surface area contributed by atoms with Gasteiger partial charge in [0, 0.05) is 23.7 Å². The van der Waals surface area contributed by atoms with Gasteiger partial charge in [0.1, 0.15) is 0 Å². The van der Waals surface area contributed by atoms with Gasteiger partial charge in [0.2, 0.25) is 0 Å². The number of hydrogen-bond acceptors (Lipinski definition) is 5. The van der Waals surface area contributed by atoms with Crippen molar-refractivity contribution < 1.29 is 9.53 Å². The van der Waals surface area contributed by atoms with Crippen LogP contribution in [0.3, 0.4) is 0 Å². The molecule has 0 aliphatic carbocycles. The first-order chi connectivity index (χ1) is 10.0. The Morgan fingerprint density at radius 3 is 2.71 bits per heavy atom. The number of nitrogens with zero attached hydrogens (tertiary/aromatic N) is 1. The second-order valence-electron chi connectivity index (χ2n) is 4.75. The SMILES string of the molecule is COC(=O)c1c(N)cccc1CN(C)Cc1ccc(Cl)s1. The number of esters is 1. The smallest absolute Gasteiger partial charge is 0.340 e. The van der Waals surface area contributed by atoms with Crippen molar-refractivity contribution in [2.45, 2.75) is 13.1 Å². The number of rotatable bonds is 5. The number of carbonyl (C=O) groups is 1. The van der Waals surface area contributed by atoms with Crippen LogP contribution in [0.4, 0.5) is 5.69 Å². The minimum absolute atomic E-state index is 0.407. The van der Waals surface area contributed by atoms with Gasteiger partial charge in [-0.3, -0.25) is 4.90 Å². The number of hydrogen-bond donors (Lipinski definition) is 1. The molecule has 4 nitrogen and oxygen atoms in total. The van der Waals surface area contributed by atoms with Crippen molar-refractivity contribution in [2.75, 3.05) is 19.9 Å². The quantitative estimate of drug-likeness (QED) is 0.676. The van der Waals surface area contributed by atoms with Crippen LogP contribution >= 0.6 is 22.9 Å². The first kappa shape index (κ1) is 15.8. The van der Waals surface area contributed by atoms with Crippen LogP contribution in [-0.2, 0) is 17.8 Å². The van der Waals surface area contributed by atoms with Gasteiger partial charge in [-0.2, -0.15) is 0 Å². The summed E-state index contributed by atoms with van der Waals surface area (Å²) in [5.74, 6) is -0.407. The Kier molecular flexibility index (Phi) is 5.22. The molecule has 0 unspecified atom stereocenters. The Hall–Kier alpha value is -1.56. The summed E-state index contributed by atoms with van der Waals surface area (Å²) in [5, 5.41) is 0. The van der Waals surface area contributed by atoms with Crippen molar-refractivity contribution >= 4 is 34.6 Å². The number of benzene rings is 1. The average Bonchev–Trinajstić information content (AvgIpc) is 2.83. The maximum absolute atomic E-state index is 11.9. The lowest BCUT2D eigenvalue weighted by atomic mass is 10.0. The molecule has 0 amide bonds. The molecule has 2 aromatic rings. The minimum atomic E-state index is -0.407. The number of ether oxygens (including phenoxy) is 1. The molecular weight excluding hydrogens is 308 g/mol. The maximum atomic E-state index is 11.9. The Morgan fingerprint density at radius 1 is 1.33 bits per heavy atom. The summed E-state index contributed by atoms with van der Waals surface area (Å²) >= 11 is 7.48. The van der Waals surface area contributed by atoms with E-state index in [4.69, 9.17) is 22.1 Å². The summed E-state index contributed by atoms with van der Waals surface area (Å²) in [6, 6.07) is 9.32. The van der Waals surface area contributed by atoms with Crippen molar-refractivity contribution in [3.05, 3.63) is 50.7 Å². The monoisotopic (exact) mass is 324 g/mol. The largest absolute Gasteiger partial charge is 0.465 e. The van der Waals surface area contributed by atoms with E-state index in [2.05, 4.69) is 4.90 Å². The van der Waals surface area contributed by atoms with Crippen molar-refractivity contribution in [1.29, 1.82) is 0 Å². The second-order valence-corrected chi connectivity index (χ2v) is 6.55. The molecule has 6 heteroatoms. The molecule has 0 fully saturated rings. The molecule has 0 radical (unpaired) electrons. The normalized spacial score (nSPS) is 10.9. The number of anilines is 1. The van der Waals surface area contributed by atoms with E-state index in [1.807, 2.05) is 31.3 Å². The van der Waals surface area contributed by atoms with Crippen LogP contribution < -0.4 is 5.73 Å². The molecule has 2 N–H and O–H groups in total. The predicted molar refractivity (Wildman–Crippen MR) is 86.7 cm³/mol. The molecule has 0 bridgehead atoms. The lowest BCUT2D eigenvalue weighted by Gasteiger charge is -2.18. The number of carbonyl (C=O) groups excluding carboxylic acids is 1. The molecular formula is C15H17ClN2O2S. The van der Waals surface area contributed by atoms with Crippen LogP contribution in [0.5, 0.6) is 0 Å². The summed E-state index contributed by atoms with van der Waals surface area (Å²) in [6.45, 7) is 1.36. The van der Waals surface area contributed by atoms with Crippen LogP contribution in [-0.4, -0.2) is 25.0 Å². The highest BCUT2D eigenvalue weighted by atomic mass is 35.5. The fraction of sp³-hybridized carbons (Fsp3) is 0.267. The zero-order valence-corrected chi connectivity index (χ0v) is 13.5. The molecule has 1 heterocycles. The highest BCUT2D eigenvalue weighted by Gasteiger charge is 2.16. The summed E-state index contributed by atoms with van der Waals surface area (Å²) in [6.07, 6.45) is 0. The van der Waals surface area contributed by atoms with Gasteiger partial charge in [0.05, 0.1) is 17.0 Å². The molecule has 0 atom stereocenters. The van der Waals surface area contributed by atoms with Crippen LogP contribution in [0.1, 0.15) is 20.8 Å². The first-order valence-corrected chi connectivity index (χ1v) is 7.59. The topological polar surface area (TPSA) is 55.6 Å². The summed E-state index contributed by atoms with van der Waals surface area (Å²) < 4.78 is 5.58. The number of halogens is 1. The Balaban J connectivity index is 2.15. The predicted octanol–water partition coefficient (Wildman–Crippen LogP) is 3.40. The second kappa shape index (κ2) is 6.93. The maximum Gasteiger partial charge on any atom is 0.340 e. The van der Waals surface area contributed by atoms with Gasteiger partial charge < -0.3 is 10.5 Å². The van der Waals surface area contributed by atoms with E-state index < -0.39 is 5.97 Å². The lowest BCUT2D eigenvalue weighted by Crippen LogP contribution is -2.19. The Bertz CT molecular complexity index is 642. The summed E-state index contributed by atoms with van der Waals surface area (Å²) in [5.41, 5.74) is 7.63. The van der Waals surface area contributed by atoms with Crippen LogP contribution in [0.25, 0.3) is 0 Å². The zero-order chi connectivity index (χ0) is 15.4. The lowest BCUT2D eigenvalue weighted by molar-refractivity contribution is 0.0599. The fourth-order valence-corrected chi connectivity index (χ4v) is 3.32. The minimum Gasteiger partial charge on any atom is -0.465 e. The molecule has 21 heavy (non-hydrogen) atoms. The number of thiophene rings is 1. The van der Waals surface area contributed by atoms with E-state index in [0.29, 0.717) is 17.8 Å². The van der Waals surface area contributed by atoms with E-state index in [-0.39, 0.29) is 0 Å². The molecule has 0 spiro atoms. The zero-order valence-electron chi connectivity index (χ0n) is 11.9.